The average Bonchev–Trinajstić information content (AvgIpc) is 2.30. The fourth-order valence-electron chi connectivity index (χ4n) is 1.33. The smallest absolute Gasteiger partial charge is 0.260 e. The normalized spacial score (nSPS) is 12.1. The zero-order valence-corrected chi connectivity index (χ0v) is 10.1. The van der Waals surface area contributed by atoms with Gasteiger partial charge in [0, 0.05) is 16.8 Å². The predicted octanol–water partition coefficient (Wildman–Crippen LogP) is 2.35. The number of halogens is 1. The Balaban J connectivity index is 2.44. The lowest BCUT2D eigenvalue weighted by molar-refractivity contribution is 0.570. The maximum absolute atomic E-state index is 10.7. The lowest BCUT2D eigenvalue weighted by Gasteiger charge is -2.07. The number of rotatable bonds is 3. The summed E-state index contributed by atoms with van der Waals surface area (Å²) in [6, 6.07) is 7.02. The second-order valence-electron chi connectivity index (χ2n) is 3.14. The summed E-state index contributed by atoms with van der Waals surface area (Å²) >= 11 is 3.62. The van der Waals surface area contributed by atoms with Crippen LogP contribution in [0, 0.1) is 0 Å². The van der Waals surface area contributed by atoms with E-state index in [-0.39, 0.29) is 0 Å². The molecule has 0 saturated heterocycles. The van der Waals surface area contributed by atoms with Crippen LogP contribution in [0.25, 0.3) is 11.1 Å². The van der Waals surface area contributed by atoms with E-state index in [1.807, 2.05) is 0 Å². The number of nitrogens with one attached hydrogen (secondary N) is 1. The number of benzene rings is 1. The van der Waals surface area contributed by atoms with Gasteiger partial charge in [-0.25, -0.2) is 14.2 Å². The first-order valence-corrected chi connectivity index (χ1v) is 6.09. The van der Waals surface area contributed by atoms with Crippen molar-refractivity contribution in [2.45, 2.75) is 0 Å². The third-order valence-electron chi connectivity index (χ3n) is 2.05. The standard InChI is InChI=1S/C10H8ClN3O2S/c11-8-3-1-7(2-4-8)9-5-12-6-13-10(9)14-17(15)16/h1-6H,(H,15,16)(H,12,13,14). The van der Waals surface area contributed by atoms with Crippen molar-refractivity contribution < 1.29 is 8.76 Å². The Morgan fingerprint density at radius 2 is 2.00 bits per heavy atom. The van der Waals surface area contributed by atoms with Crippen LogP contribution < -0.4 is 4.72 Å². The van der Waals surface area contributed by atoms with E-state index < -0.39 is 11.3 Å². The van der Waals surface area contributed by atoms with Gasteiger partial charge >= 0.3 is 0 Å². The quantitative estimate of drug-likeness (QED) is 0.839. The molecule has 2 N–H and O–H groups in total. The molecule has 0 aliphatic carbocycles. The molecular formula is C10H8ClN3O2S. The van der Waals surface area contributed by atoms with Gasteiger partial charge in [0.05, 0.1) is 0 Å². The Kier molecular flexibility index (Phi) is 3.68. The maximum atomic E-state index is 10.7. The van der Waals surface area contributed by atoms with Crippen molar-refractivity contribution in [3.63, 3.8) is 0 Å². The second kappa shape index (κ2) is 5.22. The molecule has 5 nitrogen and oxygen atoms in total. The van der Waals surface area contributed by atoms with Crippen LogP contribution in [0.4, 0.5) is 5.82 Å². The van der Waals surface area contributed by atoms with Gasteiger partial charge in [0.15, 0.2) is 5.82 Å². The van der Waals surface area contributed by atoms with Crippen LogP contribution in [0.15, 0.2) is 36.8 Å². The van der Waals surface area contributed by atoms with Crippen LogP contribution >= 0.6 is 11.6 Å². The van der Waals surface area contributed by atoms with E-state index in [9.17, 15) is 4.21 Å². The SMILES string of the molecule is O=S(O)Nc1ncncc1-c1ccc(Cl)cc1. The summed E-state index contributed by atoms with van der Waals surface area (Å²) in [7, 11) is 0. The summed E-state index contributed by atoms with van der Waals surface area (Å²) in [5.74, 6) is 0.295. The van der Waals surface area contributed by atoms with Gasteiger partial charge < -0.3 is 0 Å². The van der Waals surface area contributed by atoms with E-state index in [0.29, 0.717) is 16.4 Å². The van der Waals surface area contributed by atoms with Crippen LogP contribution in [0.1, 0.15) is 0 Å². The number of hydrogen-bond donors (Lipinski definition) is 2. The van der Waals surface area contributed by atoms with Crippen molar-refractivity contribution in [1.29, 1.82) is 0 Å². The van der Waals surface area contributed by atoms with E-state index in [1.165, 1.54) is 6.33 Å². The summed E-state index contributed by atoms with van der Waals surface area (Å²) < 4.78 is 21.9. The minimum Gasteiger partial charge on any atom is -0.289 e. The van der Waals surface area contributed by atoms with Crippen molar-refractivity contribution in [2.24, 2.45) is 0 Å². The highest BCUT2D eigenvalue weighted by molar-refractivity contribution is 7.80. The highest BCUT2D eigenvalue weighted by atomic mass is 35.5. The van der Waals surface area contributed by atoms with E-state index in [2.05, 4.69) is 14.7 Å². The molecule has 0 amide bonds. The van der Waals surface area contributed by atoms with E-state index in [4.69, 9.17) is 16.2 Å². The first-order valence-electron chi connectivity index (χ1n) is 4.60. The first-order chi connectivity index (χ1) is 8.16. The molecule has 1 atom stereocenters. The third-order valence-corrected chi connectivity index (χ3v) is 2.67. The van der Waals surface area contributed by atoms with Crippen LogP contribution in [-0.4, -0.2) is 18.7 Å². The molecular weight excluding hydrogens is 262 g/mol. The van der Waals surface area contributed by atoms with Crippen LogP contribution in [0.3, 0.4) is 0 Å². The molecule has 1 aromatic heterocycles. The number of anilines is 1. The lowest BCUT2D eigenvalue weighted by atomic mass is 10.1. The Labute approximate surface area is 105 Å². The van der Waals surface area contributed by atoms with E-state index >= 15 is 0 Å². The van der Waals surface area contributed by atoms with Gasteiger partial charge in [-0.2, -0.15) is 0 Å². The van der Waals surface area contributed by atoms with Crippen LogP contribution in [0.2, 0.25) is 5.02 Å². The van der Waals surface area contributed by atoms with Crippen molar-refractivity contribution in [3.05, 3.63) is 41.8 Å². The summed E-state index contributed by atoms with van der Waals surface area (Å²) in [5.41, 5.74) is 1.44. The Morgan fingerprint density at radius 3 is 2.65 bits per heavy atom. The van der Waals surface area contributed by atoms with Crippen molar-refractivity contribution in [2.75, 3.05) is 4.72 Å². The molecule has 0 radical (unpaired) electrons. The number of aromatic nitrogens is 2. The Bertz CT molecular complexity index is 548. The summed E-state index contributed by atoms with van der Waals surface area (Å²) in [6.07, 6.45) is 2.86. The van der Waals surface area contributed by atoms with Gasteiger partial charge in [0.2, 0.25) is 0 Å². The van der Waals surface area contributed by atoms with Crippen LogP contribution in [0.5, 0.6) is 0 Å². The Morgan fingerprint density at radius 1 is 1.29 bits per heavy atom. The molecule has 0 fully saturated rings. The minimum atomic E-state index is -2.17. The monoisotopic (exact) mass is 269 g/mol. The zero-order chi connectivity index (χ0) is 12.3. The third kappa shape index (κ3) is 3.00. The fourth-order valence-corrected chi connectivity index (χ4v) is 1.79. The highest BCUT2D eigenvalue weighted by Gasteiger charge is 2.08. The number of nitrogens with zero attached hydrogens (tertiary/aromatic N) is 2. The predicted molar refractivity (Wildman–Crippen MR) is 66.9 cm³/mol. The van der Waals surface area contributed by atoms with Gasteiger partial charge in [-0.3, -0.25) is 9.27 Å². The van der Waals surface area contributed by atoms with E-state index in [1.54, 1.807) is 30.5 Å². The van der Waals surface area contributed by atoms with Crippen molar-refractivity contribution in [1.82, 2.24) is 9.97 Å². The molecule has 0 aliphatic heterocycles. The molecule has 1 heterocycles. The summed E-state index contributed by atoms with van der Waals surface area (Å²) in [4.78, 5) is 7.80. The molecule has 2 aromatic rings. The van der Waals surface area contributed by atoms with Crippen molar-refractivity contribution in [3.8, 4) is 11.1 Å². The molecule has 0 spiro atoms. The van der Waals surface area contributed by atoms with Gasteiger partial charge in [0.1, 0.15) is 6.33 Å². The molecule has 2 rings (SSSR count). The largest absolute Gasteiger partial charge is 0.289 e. The molecule has 7 heteroatoms. The molecule has 1 unspecified atom stereocenters. The maximum Gasteiger partial charge on any atom is 0.260 e. The second-order valence-corrected chi connectivity index (χ2v) is 4.28. The van der Waals surface area contributed by atoms with Crippen molar-refractivity contribution >= 4 is 28.7 Å². The number of hydrogen-bond acceptors (Lipinski definition) is 3. The zero-order valence-electron chi connectivity index (χ0n) is 8.50. The molecule has 0 bridgehead atoms. The lowest BCUT2D eigenvalue weighted by Crippen LogP contribution is -2.05. The van der Waals surface area contributed by atoms with Gasteiger partial charge in [0.25, 0.3) is 11.3 Å². The molecule has 0 aliphatic rings. The Hall–Kier alpha value is -1.50. The molecule has 0 saturated carbocycles. The summed E-state index contributed by atoms with van der Waals surface area (Å²) in [6.45, 7) is 0. The minimum absolute atomic E-state index is 0.295. The molecule has 17 heavy (non-hydrogen) atoms. The van der Waals surface area contributed by atoms with Crippen LogP contribution in [-0.2, 0) is 11.3 Å². The van der Waals surface area contributed by atoms with Gasteiger partial charge in [-0.15, -0.1) is 0 Å². The van der Waals surface area contributed by atoms with Gasteiger partial charge in [-0.1, -0.05) is 23.7 Å². The fraction of sp³-hybridized carbons (Fsp3) is 0. The van der Waals surface area contributed by atoms with E-state index in [0.717, 1.165) is 5.56 Å². The molecule has 1 aromatic carbocycles. The average molecular weight is 270 g/mol. The topological polar surface area (TPSA) is 75.1 Å². The first kappa shape index (κ1) is 12.0. The molecule has 88 valence electrons. The van der Waals surface area contributed by atoms with Gasteiger partial charge in [-0.05, 0) is 17.7 Å². The highest BCUT2D eigenvalue weighted by Crippen LogP contribution is 2.26. The summed E-state index contributed by atoms with van der Waals surface area (Å²) in [5, 5.41) is 0.617.